The van der Waals surface area contributed by atoms with E-state index in [4.69, 9.17) is 23.2 Å². The maximum absolute atomic E-state index is 12.1. The molecule has 0 radical (unpaired) electrons. The van der Waals surface area contributed by atoms with Gasteiger partial charge in [-0.3, -0.25) is 4.79 Å². The van der Waals surface area contributed by atoms with Gasteiger partial charge in [-0.1, -0.05) is 40.9 Å². The summed E-state index contributed by atoms with van der Waals surface area (Å²) in [6.45, 7) is 2.00. The Hall–Kier alpha value is -1.77. The maximum Gasteiger partial charge on any atom is 0.256 e. The Morgan fingerprint density at radius 2 is 1.85 bits per heavy atom. The molecule has 0 aromatic heterocycles. The lowest BCUT2D eigenvalue weighted by molar-refractivity contribution is -0.110. The van der Waals surface area contributed by atoms with Crippen LogP contribution in [0.2, 0.25) is 10.0 Å². The van der Waals surface area contributed by atoms with Gasteiger partial charge >= 0.3 is 0 Å². The quantitative estimate of drug-likeness (QED) is 0.754. The number of carbonyl (C=O) groups is 1. The summed E-state index contributed by atoms with van der Waals surface area (Å²) in [6.07, 6.45) is 1.82. The number of nitrogens with one attached hydrogen (secondary N) is 1. The fourth-order valence-corrected chi connectivity index (χ4v) is 2.52. The zero-order valence-electron chi connectivity index (χ0n) is 10.7. The standard InChI is InChI=1S/C16H11Cl2NO/c1-9-2-5-15-11(6-9)12(16(20)19-15)7-10-3-4-13(17)14(18)8-10/h2-8H,1H3,(H,19,20)/b12-7+. The number of aryl methyl sites for hydroxylation is 1. The van der Waals surface area contributed by atoms with Gasteiger partial charge in [0.05, 0.1) is 10.0 Å². The summed E-state index contributed by atoms with van der Waals surface area (Å²) < 4.78 is 0. The molecule has 0 fully saturated rings. The van der Waals surface area contributed by atoms with Crippen LogP contribution in [0.15, 0.2) is 36.4 Å². The van der Waals surface area contributed by atoms with Crippen molar-refractivity contribution in [3.63, 3.8) is 0 Å². The van der Waals surface area contributed by atoms with Crippen molar-refractivity contribution in [3.05, 3.63) is 63.1 Å². The third kappa shape index (κ3) is 2.33. The van der Waals surface area contributed by atoms with Crippen LogP contribution < -0.4 is 5.32 Å². The van der Waals surface area contributed by atoms with Crippen molar-refractivity contribution in [1.82, 2.24) is 0 Å². The Kier molecular flexibility index (Phi) is 3.28. The molecule has 4 heteroatoms. The predicted octanol–water partition coefficient (Wildman–Crippen LogP) is 4.79. The molecule has 1 aliphatic heterocycles. The molecule has 0 saturated heterocycles. The molecule has 0 spiro atoms. The van der Waals surface area contributed by atoms with Crippen molar-refractivity contribution in [2.24, 2.45) is 0 Å². The Balaban J connectivity index is 2.10. The third-order valence-corrected chi connectivity index (χ3v) is 3.95. The van der Waals surface area contributed by atoms with Crippen molar-refractivity contribution in [2.75, 3.05) is 5.32 Å². The van der Waals surface area contributed by atoms with Crippen LogP contribution in [0.5, 0.6) is 0 Å². The lowest BCUT2D eigenvalue weighted by atomic mass is 10.0. The van der Waals surface area contributed by atoms with Gasteiger partial charge in [0, 0.05) is 16.8 Å². The van der Waals surface area contributed by atoms with Gasteiger partial charge in [0.15, 0.2) is 0 Å². The normalized spacial score (nSPS) is 15.3. The Morgan fingerprint density at radius 1 is 1.05 bits per heavy atom. The molecule has 100 valence electrons. The van der Waals surface area contributed by atoms with Gasteiger partial charge < -0.3 is 5.32 Å². The van der Waals surface area contributed by atoms with E-state index in [1.807, 2.05) is 37.3 Å². The summed E-state index contributed by atoms with van der Waals surface area (Å²) in [5.74, 6) is -0.100. The number of carbonyl (C=O) groups excluding carboxylic acids is 1. The molecule has 0 bridgehead atoms. The summed E-state index contributed by atoms with van der Waals surface area (Å²) in [4.78, 5) is 12.1. The third-order valence-electron chi connectivity index (χ3n) is 3.21. The molecule has 0 atom stereocenters. The van der Waals surface area contributed by atoms with Crippen LogP contribution in [-0.2, 0) is 4.79 Å². The number of halogens is 2. The average molecular weight is 304 g/mol. The van der Waals surface area contributed by atoms with E-state index in [1.165, 1.54) is 0 Å². The lowest BCUT2D eigenvalue weighted by Crippen LogP contribution is -2.03. The molecule has 2 aromatic rings. The van der Waals surface area contributed by atoms with Crippen molar-refractivity contribution < 1.29 is 4.79 Å². The molecule has 0 saturated carbocycles. The predicted molar refractivity (Wildman–Crippen MR) is 84.1 cm³/mol. The second-order valence-electron chi connectivity index (χ2n) is 4.73. The van der Waals surface area contributed by atoms with E-state index in [9.17, 15) is 4.79 Å². The molecule has 1 amide bonds. The second-order valence-corrected chi connectivity index (χ2v) is 5.55. The molecule has 20 heavy (non-hydrogen) atoms. The van der Waals surface area contributed by atoms with Crippen molar-refractivity contribution in [2.45, 2.75) is 6.92 Å². The minimum absolute atomic E-state index is 0.100. The first kappa shape index (κ1) is 13.2. The van der Waals surface area contributed by atoms with E-state index in [0.29, 0.717) is 15.6 Å². The van der Waals surface area contributed by atoms with E-state index in [2.05, 4.69) is 5.32 Å². The molecular formula is C16H11Cl2NO. The maximum atomic E-state index is 12.1. The average Bonchev–Trinajstić information content (AvgIpc) is 2.70. The molecule has 1 N–H and O–H groups in total. The first-order valence-corrected chi connectivity index (χ1v) is 6.89. The molecule has 0 unspecified atom stereocenters. The minimum atomic E-state index is -0.100. The van der Waals surface area contributed by atoms with Gasteiger partial charge in [0.2, 0.25) is 0 Å². The summed E-state index contributed by atoms with van der Waals surface area (Å²) in [6, 6.07) is 11.2. The number of rotatable bonds is 1. The molecule has 2 nitrogen and oxygen atoms in total. The van der Waals surface area contributed by atoms with Crippen molar-refractivity contribution in [1.29, 1.82) is 0 Å². The van der Waals surface area contributed by atoms with Crippen LogP contribution in [0, 0.1) is 6.92 Å². The smallest absolute Gasteiger partial charge is 0.256 e. The van der Waals surface area contributed by atoms with E-state index < -0.39 is 0 Å². The van der Waals surface area contributed by atoms with Gasteiger partial charge in [0.25, 0.3) is 5.91 Å². The summed E-state index contributed by atoms with van der Waals surface area (Å²) in [5, 5.41) is 3.83. The Bertz CT molecular complexity index is 750. The highest BCUT2D eigenvalue weighted by atomic mass is 35.5. The highest BCUT2D eigenvalue weighted by Gasteiger charge is 2.23. The van der Waals surface area contributed by atoms with Gasteiger partial charge in [-0.15, -0.1) is 0 Å². The van der Waals surface area contributed by atoms with Crippen LogP contribution in [0.3, 0.4) is 0 Å². The van der Waals surface area contributed by atoms with Crippen molar-refractivity contribution >= 4 is 46.4 Å². The largest absolute Gasteiger partial charge is 0.321 e. The first-order chi connectivity index (χ1) is 9.54. The number of hydrogen-bond acceptors (Lipinski definition) is 1. The first-order valence-electron chi connectivity index (χ1n) is 6.14. The van der Waals surface area contributed by atoms with Gasteiger partial charge in [-0.05, 0) is 42.8 Å². The molecule has 0 aliphatic carbocycles. The zero-order valence-corrected chi connectivity index (χ0v) is 12.2. The fraction of sp³-hybridized carbons (Fsp3) is 0.0625. The van der Waals surface area contributed by atoms with E-state index in [-0.39, 0.29) is 5.91 Å². The van der Waals surface area contributed by atoms with Crippen LogP contribution in [0.4, 0.5) is 5.69 Å². The van der Waals surface area contributed by atoms with E-state index in [0.717, 1.165) is 22.4 Å². The summed E-state index contributed by atoms with van der Waals surface area (Å²) >= 11 is 11.9. The summed E-state index contributed by atoms with van der Waals surface area (Å²) in [7, 11) is 0. The summed E-state index contributed by atoms with van der Waals surface area (Å²) in [5.41, 5.74) is 4.36. The highest BCUT2D eigenvalue weighted by molar-refractivity contribution is 6.42. The number of fused-ring (bicyclic) bond motifs is 1. The van der Waals surface area contributed by atoms with E-state index in [1.54, 1.807) is 12.1 Å². The van der Waals surface area contributed by atoms with Crippen LogP contribution >= 0.6 is 23.2 Å². The Labute approximate surface area is 127 Å². The Morgan fingerprint density at radius 3 is 2.60 bits per heavy atom. The van der Waals surface area contributed by atoms with Crippen molar-refractivity contribution in [3.8, 4) is 0 Å². The molecule has 3 rings (SSSR count). The van der Waals surface area contributed by atoms with E-state index >= 15 is 0 Å². The lowest BCUT2D eigenvalue weighted by Gasteiger charge is -2.01. The zero-order chi connectivity index (χ0) is 14.3. The number of benzene rings is 2. The molecule has 2 aromatic carbocycles. The minimum Gasteiger partial charge on any atom is -0.321 e. The molecular weight excluding hydrogens is 293 g/mol. The second kappa shape index (κ2) is 4.97. The number of hydrogen-bond donors (Lipinski definition) is 1. The van der Waals surface area contributed by atoms with Crippen LogP contribution in [0.1, 0.15) is 16.7 Å². The fourth-order valence-electron chi connectivity index (χ4n) is 2.21. The molecule has 1 aliphatic rings. The highest BCUT2D eigenvalue weighted by Crippen LogP contribution is 2.34. The topological polar surface area (TPSA) is 29.1 Å². The van der Waals surface area contributed by atoms with Crippen LogP contribution in [-0.4, -0.2) is 5.91 Å². The number of anilines is 1. The molecule has 1 heterocycles. The SMILES string of the molecule is Cc1ccc2c(c1)/C(=C\c1ccc(Cl)c(Cl)c1)C(=O)N2. The number of amides is 1. The van der Waals surface area contributed by atoms with Gasteiger partial charge in [0.1, 0.15) is 0 Å². The van der Waals surface area contributed by atoms with Crippen LogP contribution in [0.25, 0.3) is 11.6 Å². The monoisotopic (exact) mass is 303 g/mol. The van der Waals surface area contributed by atoms with Gasteiger partial charge in [-0.2, -0.15) is 0 Å². The van der Waals surface area contributed by atoms with Gasteiger partial charge in [-0.25, -0.2) is 0 Å².